The molecule has 1 saturated heterocycles. The molecule has 1 aromatic rings. The average molecular weight is 220 g/mol. The van der Waals surface area contributed by atoms with E-state index in [0.29, 0.717) is 12.0 Å². The first kappa shape index (κ1) is 10.3. The summed E-state index contributed by atoms with van der Waals surface area (Å²) in [4.78, 5) is 4.66. The lowest BCUT2D eigenvalue weighted by Crippen LogP contribution is -2.40. The summed E-state index contributed by atoms with van der Waals surface area (Å²) in [5, 5.41) is 11.0. The van der Waals surface area contributed by atoms with Crippen LogP contribution in [0.15, 0.2) is 0 Å². The fraction of sp³-hybridized carbons (Fsp3) is 0.833. The van der Waals surface area contributed by atoms with Gasteiger partial charge in [-0.2, -0.15) is 5.10 Å². The van der Waals surface area contributed by atoms with E-state index in [4.69, 9.17) is 0 Å². The predicted molar refractivity (Wildman–Crippen MR) is 62.1 cm³/mol. The fourth-order valence-electron chi connectivity index (χ4n) is 2.62. The summed E-state index contributed by atoms with van der Waals surface area (Å²) >= 11 is 0. The first-order valence-corrected chi connectivity index (χ1v) is 6.32. The van der Waals surface area contributed by atoms with E-state index in [1.54, 1.807) is 0 Å². The molecule has 2 N–H and O–H groups in total. The van der Waals surface area contributed by atoms with Crippen LogP contribution in [0.5, 0.6) is 0 Å². The maximum absolute atomic E-state index is 4.66. The molecule has 3 rings (SSSR count). The summed E-state index contributed by atoms with van der Waals surface area (Å²) in [5.41, 5.74) is 0.276. The normalized spacial score (nSPS) is 29.2. The highest BCUT2D eigenvalue weighted by atomic mass is 15.2. The van der Waals surface area contributed by atoms with Gasteiger partial charge in [-0.3, -0.25) is 5.10 Å². The third kappa shape index (κ3) is 1.75. The van der Waals surface area contributed by atoms with Gasteiger partial charge in [-0.1, -0.05) is 13.8 Å². The van der Waals surface area contributed by atoms with Crippen LogP contribution in [-0.2, 0) is 0 Å². The molecule has 2 heterocycles. The topological polar surface area (TPSA) is 53.6 Å². The molecule has 88 valence electrons. The highest BCUT2D eigenvalue weighted by molar-refractivity contribution is 5.09. The first-order chi connectivity index (χ1) is 7.67. The number of rotatable bonds is 2. The van der Waals surface area contributed by atoms with Gasteiger partial charge in [0.2, 0.25) is 0 Å². The third-order valence-corrected chi connectivity index (χ3v) is 3.86. The molecule has 1 unspecified atom stereocenters. The second kappa shape index (κ2) is 3.55. The number of piperidine rings is 1. The minimum absolute atomic E-state index is 0.276. The van der Waals surface area contributed by atoms with E-state index in [9.17, 15) is 0 Å². The van der Waals surface area contributed by atoms with Gasteiger partial charge in [0.05, 0.1) is 6.04 Å². The SMILES string of the molecule is CC1(C)CCCNC1c1nc(C2CC2)n[nH]1. The van der Waals surface area contributed by atoms with Crippen molar-refractivity contribution in [2.75, 3.05) is 6.54 Å². The van der Waals surface area contributed by atoms with Crippen LogP contribution in [0.25, 0.3) is 0 Å². The minimum Gasteiger partial charge on any atom is -0.307 e. The molecule has 1 saturated carbocycles. The number of nitrogens with zero attached hydrogens (tertiary/aromatic N) is 2. The van der Waals surface area contributed by atoms with Crippen molar-refractivity contribution in [2.24, 2.45) is 5.41 Å². The van der Waals surface area contributed by atoms with E-state index >= 15 is 0 Å². The van der Waals surface area contributed by atoms with Gasteiger partial charge in [0.1, 0.15) is 5.82 Å². The first-order valence-electron chi connectivity index (χ1n) is 6.32. The molecule has 0 spiro atoms. The van der Waals surface area contributed by atoms with Gasteiger partial charge in [0.25, 0.3) is 0 Å². The molecule has 1 aliphatic heterocycles. The Hall–Kier alpha value is -0.900. The van der Waals surface area contributed by atoms with E-state index in [2.05, 4.69) is 34.3 Å². The van der Waals surface area contributed by atoms with Crippen LogP contribution in [-0.4, -0.2) is 21.7 Å². The second-order valence-electron chi connectivity index (χ2n) is 5.83. The van der Waals surface area contributed by atoms with Gasteiger partial charge in [0.15, 0.2) is 5.82 Å². The molecule has 0 bridgehead atoms. The summed E-state index contributed by atoms with van der Waals surface area (Å²) in [5.74, 6) is 2.70. The van der Waals surface area contributed by atoms with Crippen molar-refractivity contribution in [1.82, 2.24) is 20.5 Å². The molecule has 1 aromatic heterocycles. The van der Waals surface area contributed by atoms with Crippen LogP contribution in [0.3, 0.4) is 0 Å². The molecule has 2 aliphatic rings. The summed E-state index contributed by atoms with van der Waals surface area (Å²) in [6.45, 7) is 5.71. The van der Waals surface area contributed by atoms with Crippen molar-refractivity contribution in [3.05, 3.63) is 11.6 Å². The Kier molecular flexibility index (Phi) is 2.28. The van der Waals surface area contributed by atoms with Crippen molar-refractivity contribution in [3.63, 3.8) is 0 Å². The van der Waals surface area contributed by atoms with Gasteiger partial charge < -0.3 is 5.32 Å². The zero-order valence-corrected chi connectivity index (χ0v) is 10.1. The number of hydrogen-bond donors (Lipinski definition) is 2. The molecule has 0 amide bonds. The van der Waals surface area contributed by atoms with Crippen LogP contribution in [0, 0.1) is 5.41 Å². The standard InChI is InChI=1S/C12H20N4/c1-12(2)6-3-7-13-9(12)11-14-10(15-16-11)8-4-5-8/h8-9,13H,3-7H2,1-2H3,(H,14,15,16). The maximum atomic E-state index is 4.66. The van der Waals surface area contributed by atoms with E-state index in [0.717, 1.165) is 18.2 Å². The Morgan fingerprint density at radius 3 is 2.81 bits per heavy atom. The molecular formula is C12H20N4. The molecular weight excluding hydrogens is 200 g/mol. The molecule has 1 atom stereocenters. The van der Waals surface area contributed by atoms with Crippen molar-refractivity contribution < 1.29 is 0 Å². The van der Waals surface area contributed by atoms with Crippen LogP contribution >= 0.6 is 0 Å². The van der Waals surface area contributed by atoms with Gasteiger partial charge in [-0.25, -0.2) is 4.98 Å². The van der Waals surface area contributed by atoms with E-state index in [1.807, 2.05) is 0 Å². The Morgan fingerprint density at radius 1 is 1.31 bits per heavy atom. The lowest BCUT2D eigenvalue weighted by molar-refractivity contribution is 0.174. The van der Waals surface area contributed by atoms with Crippen LogP contribution < -0.4 is 5.32 Å². The van der Waals surface area contributed by atoms with Gasteiger partial charge in [-0.15, -0.1) is 0 Å². The number of aromatic nitrogens is 3. The van der Waals surface area contributed by atoms with E-state index in [1.165, 1.54) is 25.7 Å². The predicted octanol–water partition coefficient (Wildman–Crippen LogP) is 2.13. The van der Waals surface area contributed by atoms with Crippen LogP contribution in [0.1, 0.15) is 63.1 Å². The summed E-state index contributed by atoms with van der Waals surface area (Å²) in [7, 11) is 0. The third-order valence-electron chi connectivity index (χ3n) is 3.86. The molecule has 2 fully saturated rings. The highest BCUT2D eigenvalue weighted by Gasteiger charge is 2.36. The molecule has 0 aromatic carbocycles. The smallest absolute Gasteiger partial charge is 0.153 e. The Bertz CT molecular complexity index is 378. The quantitative estimate of drug-likeness (QED) is 0.802. The summed E-state index contributed by atoms with van der Waals surface area (Å²) in [6, 6.07) is 0.334. The maximum Gasteiger partial charge on any atom is 0.153 e. The minimum atomic E-state index is 0.276. The molecule has 1 aliphatic carbocycles. The van der Waals surface area contributed by atoms with Crippen molar-refractivity contribution in [1.29, 1.82) is 0 Å². The second-order valence-corrected chi connectivity index (χ2v) is 5.83. The van der Waals surface area contributed by atoms with E-state index in [-0.39, 0.29) is 5.41 Å². The van der Waals surface area contributed by atoms with Crippen LogP contribution in [0.4, 0.5) is 0 Å². The largest absolute Gasteiger partial charge is 0.307 e. The summed E-state index contributed by atoms with van der Waals surface area (Å²) in [6.07, 6.45) is 5.04. The molecule has 0 radical (unpaired) electrons. The average Bonchev–Trinajstić information content (AvgIpc) is 2.98. The molecule has 4 heteroatoms. The number of H-pyrrole nitrogens is 1. The highest BCUT2D eigenvalue weighted by Crippen LogP contribution is 2.41. The lowest BCUT2D eigenvalue weighted by atomic mass is 9.77. The Labute approximate surface area is 96.2 Å². The van der Waals surface area contributed by atoms with Gasteiger partial charge in [-0.05, 0) is 37.6 Å². The van der Waals surface area contributed by atoms with Crippen molar-refractivity contribution >= 4 is 0 Å². The number of nitrogens with one attached hydrogen (secondary N) is 2. The van der Waals surface area contributed by atoms with E-state index < -0.39 is 0 Å². The monoisotopic (exact) mass is 220 g/mol. The number of aromatic amines is 1. The molecule has 4 nitrogen and oxygen atoms in total. The number of hydrogen-bond acceptors (Lipinski definition) is 3. The van der Waals surface area contributed by atoms with Crippen molar-refractivity contribution in [3.8, 4) is 0 Å². The Balaban J connectivity index is 1.83. The fourth-order valence-corrected chi connectivity index (χ4v) is 2.62. The summed E-state index contributed by atoms with van der Waals surface area (Å²) < 4.78 is 0. The van der Waals surface area contributed by atoms with Gasteiger partial charge >= 0.3 is 0 Å². The van der Waals surface area contributed by atoms with Crippen LogP contribution in [0.2, 0.25) is 0 Å². The molecule has 16 heavy (non-hydrogen) atoms. The van der Waals surface area contributed by atoms with Gasteiger partial charge in [0, 0.05) is 5.92 Å². The zero-order valence-electron chi connectivity index (χ0n) is 10.1. The van der Waals surface area contributed by atoms with Crippen molar-refractivity contribution in [2.45, 2.75) is 51.5 Å². The lowest BCUT2D eigenvalue weighted by Gasteiger charge is -2.37. The Morgan fingerprint density at radius 2 is 2.12 bits per heavy atom. The zero-order chi connectivity index (χ0) is 11.2.